The Morgan fingerprint density at radius 2 is 1.95 bits per heavy atom. The van der Waals surface area contributed by atoms with Crippen molar-refractivity contribution in [3.8, 4) is 28.3 Å². The first-order valence-corrected chi connectivity index (χ1v) is 11.9. The molecule has 2 aromatic heterocycles. The van der Waals surface area contributed by atoms with E-state index in [2.05, 4.69) is 10.3 Å². The number of aromatic nitrogens is 3. The Labute approximate surface area is 212 Å². The van der Waals surface area contributed by atoms with Gasteiger partial charge >= 0.3 is 0 Å². The van der Waals surface area contributed by atoms with Crippen LogP contribution in [0.1, 0.15) is 12.8 Å². The molecule has 2 aromatic carbocycles. The molecule has 8 nitrogen and oxygen atoms in total. The number of primary amides is 1. The lowest BCUT2D eigenvalue weighted by molar-refractivity contribution is -0.119. The van der Waals surface area contributed by atoms with Crippen molar-refractivity contribution in [2.45, 2.75) is 18.9 Å². The molecular weight excluding hydrogens is 478 g/mol. The molecule has 37 heavy (non-hydrogen) atoms. The number of anilines is 1. The molecule has 0 bridgehead atoms. The van der Waals surface area contributed by atoms with Gasteiger partial charge in [0.15, 0.2) is 17.5 Å². The van der Waals surface area contributed by atoms with E-state index in [0.717, 1.165) is 24.5 Å². The van der Waals surface area contributed by atoms with Gasteiger partial charge in [-0.1, -0.05) is 12.1 Å². The van der Waals surface area contributed by atoms with Crippen molar-refractivity contribution in [3.63, 3.8) is 0 Å². The van der Waals surface area contributed by atoms with Crippen molar-refractivity contribution in [2.75, 3.05) is 32.1 Å². The van der Waals surface area contributed by atoms with E-state index in [1.165, 1.54) is 19.2 Å². The van der Waals surface area contributed by atoms with Gasteiger partial charge in [0.2, 0.25) is 5.91 Å². The predicted molar refractivity (Wildman–Crippen MR) is 137 cm³/mol. The molecule has 0 aliphatic carbocycles. The number of pyridine rings is 1. The molecule has 190 valence electrons. The zero-order valence-corrected chi connectivity index (χ0v) is 20.2. The maximum Gasteiger partial charge on any atom is 0.231 e. The first kappa shape index (κ1) is 24.5. The zero-order valence-electron chi connectivity index (χ0n) is 20.2. The monoisotopic (exact) mass is 504 g/mol. The second kappa shape index (κ2) is 10.4. The number of halogens is 2. The quantitative estimate of drug-likeness (QED) is 0.392. The molecule has 0 saturated carbocycles. The van der Waals surface area contributed by atoms with Crippen molar-refractivity contribution < 1.29 is 18.3 Å². The number of carbonyl (C=O) groups excluding carboxylic acids is 1. The largest absolute Gasteiger partial charge is 0.494 e. The molecule has 0 unspecified atom stereocenters. The second-order valence-electron chi connectivity index (χ2n) is 8.97. The number of ether oxygens (including phenoxy) is 1. The van der Waals surface area contributed by atoms with Crippen LogP contribution in [0.2, 0.25) is 0 Å². The Kier molecular flexibility index (Phi) is 6.91. The van der Waals surface area contributed by atoms with Crippen molar-refractivity contribution in [2.24, 2.45) is 5.73 Å². The van der Waals surface area contributed by atoms with E-state index in [0.29, 0.717) is 46.9 Å². The van der Waals surface area contributed by atoms with Gasteiger partial charge in [-0.3, -0.25) is 14.7 Å². The summed E-state index contributed by atoms with van der Waals surface area (Å²) in [7, 11) is 1.51. The fourth-order valence-corrected chi connectivity index (χ4v) is 4.62. The molecule has 0 atom stereocenters. The summed E-state index contributed by atoms with van der Waals surface area (Å²) >= 11 is 0. The van der Waals surface area contributed by atoms with Gasteiger partial charge in [-0.25, -0.2) is 18.7 Å². The van der Waals surface area contributed by atoms with Gasteiger partial charge in [0.1, 0.15) is 17.1 Å². The summed E-state index contributed by atoms with van der Waals surface area (Å²) in [6.45, 7) is 1.65. The summed E-state index contributed by atoms with van der Waals surface area (Å²) in [5.41, 5.74) is 7.16. The number of piperidine rings is 1. The fraction of sp³-hybridized carbons (Fsp3) is 0.259. The molecule has 1 aliphatic rings. The van der Waals surface area contributed by atoms with Crippen LogP contribution in [0.4, 0.5) is 14.6 Å². The minimum Gasteiger partial charge on any atom is -0.494 e. The van der Waals surface area contributed by atoms with E-state index >= 15 is 0 Å². The summed E-state index contributed by atoms with van der Waals surface area (Å²) in [5.74, 6) is -0.804. The summed E-state index contributed by atoms with van der Waals surface area (Å²) in [4.78, 5) is 27.1. The summed E-state index contributed by atoms with van der Waals surface area (Å²) in [6.07, 6.45) is 4.90. The van der Waals surface area contributed by atoms with Crippen LogP contribution in [0.3, 0.4) is 0 Å². The lowest BCUT2D eigenvalue weighted by Gasteiger charge is -2.32. The second-order valence-corrected chi connectivity index (χ2v) is 8.97. The van der Waals surface area contributed by atoms with E-state index in [4.69, 9.17) is 20.4 Å². The van der Waals surface area contributed by atoms with Gasteiger partial charge < -0.3 is 15.8 Å². The lowest BCUT2D eigenvalue weighted by atomic mass is 10.0. The highest BCUT2D eigenvalue weighted by Gasteiger charge is 2.23. The predicted octanol–water partition coefficient (Wildman–Crippen LogP) is 4.01. The van der Waals surface area contributed by atoms with Crippen molar-refractivity contribution >= 4 is 22.6 Å². The number of carbonyl (C=O) groups is 1. The third-order valence-corrected chi connectivity index (χ3v) is 6.48. The number of hydrogen-bond donors (Lipinski definition) is 2. The van der Waals surface area contributed by atoms with Gasteiger partial charge in [-0.05, 0) is 48.7 Å². The van der Waals surface area contributed by atoms with Crippen LogP contribution < -0.4 is 15.8 Å². The highest BCUT2D eigenvalue weighted by Crippen LogP contribution is 2.37. The van der Waals surface area contributed by atoms with Crippen LogP contribution >= 0.6 is 0 Å². The fourth-order valence-electron chi connectivity index (χ4n) is 4.62. The third-order valence-electron chi connectivity index (χ3n) is 6.48. The van der Waals surface area contributed by atoms with E-state index in [1.54, 1.807) is 30.6 Å². The standard InChI is InChI=1S/C27H26F2N6O2/c1-37-22-13-17(19-5-2-6-21(28)24(19)29)12-20-25(22)33-26(16-4-3-9-31-14-16)34-27(20)32-18-7-10-35(11-8-18)15-23(30)36/h2-6,9,12-14,18H,7-8,10-11,15H2,1H3,(H2,30,36)(H,32,33,34). The van der Waals surface area contributed by atoms with Crippen LogP contribution in [0.15, 0.2) is 54.9 Å². The first-order valence-electron chi connectivity index (χ1n) is 11.9. The topological polar surface area (TPSA) is 106 Å². The number of benzene rings is 2. The van der Waals surface area contributed by atoms with E-state index < -0.39 is 11.6 Å². The maximum atomic E-state index is 14.7. The van der Waals surface area contributed by atoms with Gasteiger partial charge in [0, 0.05) is 48.0 Å². The molecular formula is C27H26F2N6O2. The molecule has 1 saturated heterocycles. The summed E-state index contributed by atoms with van der Waals surface area (Å²) in [5, 5.41) is 4.14. The third kappa shape index (κ3) is 5.19. The molecule has 1 aliphatic heterocycles. The molecule has 10 heteroatoms. The van der Waals surface area contributed by atoms with Crippen LogP contribution in [0.5, 0.6) is 5.75 Å². The summed E-state index contributed by atoms with van der Waals surface area (Å²) in [6, 6.07) is 11.2. The SMILES string of the molecule is COc1cc(-c2cccc(F)c2F)cc2c(NC3CCN(CC(N)=O)CC3)nc(-c3cccnc3)nc12. The maximum absolute atomic E-state index is 14.7. The molecule has 0 radical (unpaired) electrons. The smallest absolute Gasteiger partial charge is 0.231 e. The first-order chi connectivity index (χ1) is 17.9. The Morgan fingerprint density at radius 1 is 1.14 bits per heavy atom. The highest BCUT2D eigenvalue weighted by molar-refractivity contribution is 5.98. The number of hydrogen-bond acceptors (Lipinski definition) is 7. The van der Waals surface area contributed by atoms with E-state index in [-0.39, 0.29) is 24.1 Å². The molecule has 3 N–H and O–H groups in total. The molecule has 4 aromatic rings. The number of nitrogens with zero attached hydrogens (tertiary/aromatic N) is 4. The summed E-state index contributed by atoms with van der Waals surface area (Å²) < 4.78 is 34.4. The van der Waals surface area contributed by atoms with Crippen molar-refractivity contribution in [1.29, 1.82) is 0 Å². The Bertz CT molecular complexity index is 1440. The van der Waals surface area contributed by atoms with E-state index in [9.17, 15) is 13.6 Å². The van der Waals surface area contributed by atoms with Crippen molar-refractivity contribution in [3.05, 3.63) is 66.5 Å². The van der Waals surface area contributed by atoms with Crippen LogP contribution in [-0.4, -0.2) is 58.5 Å². The van der Waals surface area contributed by atoms with Gasteiger partial charge in [-0.2, -0.15) is 0 Å². The number of nitrogens with two attached hydrogens (primary N) is 1. The lowest BCUT2D eigenvalue weighted by Crippen LogP contribution is -2.43. The molecule has 5 rings (SSSR count). The van der Waals surface area contributed by atoms with Crippen molar-refractivity contribution in [1.82, 2.24) is 19.9 Å². The van der Waals surface area contributed by atoms with Gasteiger partial charge in [-0.15, -0.1) is 0 Å². The normalized spacial score (nSPS) is 14.6. The Balaban J connectivity index is 1.60. The Hall–Kier alpha value is -4.18. The average Bonchev–Trinajstić information content (AvgIpc) is 2.91. The Morgan fingerprint density at radius 3 is 2.65 bits per heavy atom. The van der Waals surface area contributed by atoms with Gasteiger partial charge in [0.25, 0.3) is 0 Å². The minimum atomic E-state index is -0.937. The number of methoxy groups -OCH3 is 1. The minimum absolute atomic E-state index is 0.0736. The van der Waals surface area contributed by atoms with Crippen LogP contribution in [0.25, 0.3) is 33.4 Å². The number of amides is 1. The number of nitrogens with one attached hydrogen (secondary N) is 1. The number of fused-ring (bicyclic) bond motifs is 1. The highest BCUT2D eigenvalue weighted by atomic mass is 19.2. The molecule has 1 amide bonds. The van der Waals surface area contributed by atoms with E-state index in [1.807, 2.05) is 11.0 Å². The molecule has 3 heterocycles. The zero-order chi connectivity index (χ0) is 25.9. The molecule has 0 spiro atoms. The van der Waals surface area contributed by atoms with Crippen LogP contribution in [0, 0.1) is 11.6 Å². The van der Waals surface area contributed by atoms with Crippen LogP contribution in [-0.2, 0) is 4.79 Å². The number of rotatable bonds is 7. The molecule has 1 fully saturated rings. The van der Waals surface area contributed by atoms with Gasteiger partial charge in [0.05, 0.1) is 13.7 Å². The average molecular weight is 505 g/mol. The number of likely N-dealkylation sites (tertiary alicyclic amines) is 1.